The number of aromatic nitrogens is 2. The molecule has 0 saturated carbocycles. The highest BCUT2D eigenvalue weighted by Gasteiger charge is 2.16. The van der Waals surface area contributed by atoms with Crippen LogP contribution in [0.4, 0.5) is 5.69 Å². The van der Waals surface area contributed by atoms with Crippen molar-refractivity contribution in [2.45, 2.75) is 37.0 Å². The van der Waals surface area contributed by atoms with Gasteiger partial charge >= 0.3 is 0 Å². The number of pyridine rings is 1. The lowest BCUT2D eigenvalue weighted by Crippen LogP contribution is -2.19. The Morgan fingerprint density at radius 2 is 2.04 bits per heavy atom. The molecule has 2 aromatic heterocycles. The highest BCUT2D eigenvalue weighted by atomic mass is 32.2. The predicted molar refractivity (Wildman–Crippen MR) is 109 cm³/mol. The van der Waals surface area contributed by atoms with Crippen LogP contribution < -0.4 is 9.64 Å². The number of hydrogen-bond donors (Lipinski definition) is 1. The fourth-order valence-electron chi connectivity index (χ4n) is 3.56. The number of benzene rings is 1. The van der Waals surface area contributed by atoms with E-state index in [-0.39, 0.29) is 0 Å². The number of nitrogens with one attached hydrogen (secondary N) is 1. The first-order chi connectivity index (χ1) is 12.8. The number of fused-ring (bicyclic) bond motifs is 1. The van der Waals surface area contributed by atoms with E-state index in [4.69, 9.17) is 9.72 Å². The summed E-state index contributed by atoms with van der Waals surface area (Å²) in [5.74, 6) is 1.76. The lowest BCUT2D eigenvalue weighted by molar-refractivity contribution is 0.415. The summed E-state index contributed by atoms with van der Waals surface area (Å²) in [6.45, 7) is 4.56. The van der Waals surface area contributed by atoms with Crippen molar-refractivity contribution in [2.75, 3.05) is 25.1 Å². The van der Waals surface area contributed by atoms with Gasteiger partial charge in [0.15, 0.2) is 0 Å². The summed E-state index contributed by atoms with van der Waals surface area (Å²) in [6, 6.07) is 10.6. The number of nitrogens with zero attached hydrogens (tertiary/aromatic N) is 2. The second-order valence-electron chi connectivity index (χ2n) is 6.73. The third-order valence-corrected chi connectivity index (χ3v) is 6.00. The van der Waals surface area contributed by atoms with Crippen LogP contribution in [0.5, 0.6) is 5.75 Å². The van der Waals surface area contributed by atoms with Crippen LogP contribution in [0.1, 0.15) is 31.0 Å². The Hall–Kier alpha value is -2.14. The van der Waals surface area contributed by atoms with Crippen LogP contribution in [-0.2, 0) is 12.2 Å². The van der Waals surface area contributed by atoms with Gasteiger partial charge in [0, 0.05) is 41.6 Å². The van der Waals surface area contributed by atoms with Crippen molar-refractivity contribution >= 4 is 28.4 Å². The van der Waals surface area contributed by atoms with Crippen LogP contribution in [0.2, 0.25) is 0 Å². The monoisotopic (exact) mass is 367 g/mol. The molecule has 3 aromatic rings. The first-order valence-corrected chi connectivity index (χ1v) is 10.3. The Balaban J connectivity index is 1.51. The van der Waals surface area contributed by atoms with Crippen molar-refractivity contribution < 1.29 is 4.74 Å². The van der Waals surface area contributed by atoms with Crippen molar-refractivity contribution in [3.63, 3.8) is 0 Å². The number of ether oxygens (including phenoxy) is 1. The molecule has 0 amide bonds. The highest BCUT2D eigenvalue weighted by molar-refractivity contribution is 7.98. The number of aromatic amines is 1. The van der Waals surface area contributed by atoms with Crippen molar-refractivity contribution in [1.82, 2.24) is 9.97 Å². The van der Waals surface area contributed by atoms with Crippen LogP contribution >= 0.6 is 11.8 Å². The number of rotatable bonds is 6. The Morgan fingerprint density at radius 1 is 1.19 bits per heavy atom. The molecule has 0 aliphatic carbocycles. The normalized spacial score (nSPS) is 14.3. The zero-order valence-electron chi connectivity index (χ0n) is 15.4. The molecule has 136 valence electrons. The summed E-state index contributed by atoms with van der Waals surface area (Å²) in [7, 11) is 1.70. The molecule has 1 fully saturated rings. The van der Waals surface area contributed by atoms with Gasteiger partial charge in [0.05, 0.1) is 17.8 Å². The molecule has 0 spiro atoms. The van der Waals surface area contributed by atoms with Gasteiger partial charge in [-0.05, 0) is 55.2 Å². The van der Waals surface area contributed by atoms with E-state index >= 15 is 0 Å². The SMILES string of the molecule is CCc1cnc(CSc2cc3cc(OC)ccc3[nH]2)cc1N1CCCC1. The molecule has 1 aliphatic rings. The first-order valence-electron chi connectivity index (χ1n) is 9.29. The Bertz CT molecular complexity index is 899. The minimum absolute atomic E-state index is 0.870. The Labute approximate surface area is 159 Å². The van der Waals surface area contributed by atoms with Crippen molar-refractivity contribution in [1.29, 1.82) is 0 Å². The van der Waals surface area contributed by atoms with E-state index in [1.165, 1.54) is 42.6 Å². The van der Waals surface area contributed by atoms with Crippen LogP contribution in [-0.4, -0.2) is 30.2 Å². The quantitative estimate of drug-likeness (QED) is 0.621. The Morgan fingerprint density at radius 3 is 2.81 bits per heavy atom. The van der Waals surface area contributed by atoms with Gasteiger partial charge < -0.3 is 14.6 Å². The number of hydrogen-bond acceptors (Lipinski definition) is 4. The zero-order valence-corrected chi connectivity index (χ0v) is 16.2. The van der Waals surface area contributed by atoms with Crippen LogP contribution in [0.3, 0.4) is 0 Å². The minimum atomic E-state index is 0.870. The molecule has 1 aromatic carbocycles. The van der Waals surface area contributed by atoms with E-state index in [0.29, 0.717) is 0 Å². The first kappa shape index (κ1) is 17.3. The number of methoxy groups -OCH3 is 1. The second kappa shape index (κ2) is 7.62. The number of thioether (sulfide) groups is 1. The molecule has 0 unspecified atom stereocenters. The number of anilines is 1. The van der Waals surface area contributed by atoms with E-state index in [0.717, 1.165) is 34.2 Å². The van der Waals surface area contributed by atoms with E-state index in [1.54, 1.807) is 18.9 Å². The summed E-state index contributed by atoms with van der Waals surface area (Å²) in [6.07, 6.45) is 5.71. The maximum absolute atomic E-state index is 5.31. The zero-order chi connectivity index (χ0) is 17.9. The van der Waals surface area contributed by atoms with Gasteiger partial charge in [-0.15, -0.1) is 11.8 Å². The third-order valence-electron chi connectivity index (χ3n) is 5.02. The molecule has 0 bridgehead atoms. The molecule has 0 radical (unpaired) electrons. The molecule has 26 heavy (non-hydrogen) atoms. The smallest absolute Gasteiger partial charge is 0.119 e. The average Bonchev–Trinajstić information content (AvgIpc) is 3.34. The lowest BCUT2D eigenvalue weighted by Gasteiger charge is -2.21. The van der Waals surface area contributed by atoms with Crippen LogP contribution in [0.15, 0.2) is 41.6 Å². The van der Waals surface area contributed by atoms with E-state index in [2.05, 4.69) is 47.3 Å². The molecule has 1 aliphatic heterocycles. The number of aryl methyl sites for hydroxylation is 1. The molecule has 1 N–H and O–H groups in total. The lowest BCUT2D eigenvalue weighted by atomic mass is 10.1. The summed E-state index contributed by atoms with van der Waals surface area (Å²) in [4.78, 5) is 10.7. The maximum atomic E-state index is 5.31. The summed E-state index contributed by atoms with van der Waals surface area (Å²) in [5, 5.41) is 2.34. The second-order valence-corrected chi connectivity index (χ2v) is 7.74. The topological polar surface area (TPSA) is 41.1 Å². The standard InChI is InChI=1S/C21H25N3OS/c1-3-15-13-22-17(12-20(15)24-8-4-5-9-24)14-26-21-11-16-10-18(25-2)6-7-19(16)23-21/h6-7,10-13,23H,3-5,8-9,14H2,1-2H3. The van der Waals surface area contributed by atoms with Crippen molar-refractivity contribution in [3.8, 4) is 5.75 Å². The van der Waals surface area contributed by atoms with Gasteiger partial charge in [0.2, 0.25) is 0 Å². The van der Waals surface area contributed by atoms with Crippen molar-refractivity contribution in [3.05, 3.63) is 47.8 Å². The van der Waals surface area contributed by atoms with Gasteiger partial charge in [-0.25, -0.2) is 0 Å². The number of H-pyrrole nitrogens is 1. The summed E-state index contributed by atoms with van der Waals surface area (Å²) >= 11 is 1.80. The molecule has 4 nitrogen and oxygen atoms in total. The predicted octanol–water partition coefficient (Wildman–Crippen LogP) is 5.03. The van der Waals surface area contributed by atoms with Crippen LogP contribution in [0.25, 0.3) is 10.9 Å². The molecular weight excluding hydrogens is 342 g/mol. The van der Waals surface area contributed by atoms with E-state index in [9.17, 15) is 0 Å². The fraction of sp³-hybridized carbons (Fsp3) is 0.381. The van der Waals surface area contributed by atoms with Gasteiger partial charge in [0.1, 0.15) is 5.75 Å². The largest absolute Gasteiger partial charge is 0.497 e. The molecule has 5 heteroatoms. The van der Waals surface area contributed by atoms with Gasteiger partial charge in [-0.2, -0.15) is 0 Å². The van der Waals surface area contributed by atoms with E-state index in [1.807, 2.05) is 6.07 Å². The van der Waals surface area contributed by atoms with E-state index < -0.39 is 0 Å². The van der Waals surface area contributed by atoms with Gasteiger partial charge in [0.25, 0.3) is 0 Å². The summed E-state index contributed by atoms with van der Waals surface area (Å²) in [5.41, 5.74) is 5.03. The third kappa shape index (κ3) is 3.54. The average molecular weight is 368 g/mol. The van der Waals surface area contributed by atoms with Gasteiger partial charge in [-0.1, -0.05) is 6.92 Å². The van der Waals surface area contributed by atoms with Gasteiger partial charge in [-0.3, -0.25) is 4.98 Å². The molecule has 0 atom stereocenters. The van der Waals surface area contributed by atoms with Crippen LogP contribution in [0, 0.1) is 0 Å². The minimum Gasteiger partial charge on any atom is -0.497 e. The highest BCUT2D eigenvalue weighted by Crippen LogP contribution is 2.30. The maximum Gasteiger partial charge on any atom is 0.119 e. The molecule has 1 saturated heterocycles. The fourth-order valence-corrected chi connectivity index (χ4v) is 4.41. The Kier molecular flexibility index (Phi) is 5.07. The molecule has 3 heterocycles. The molecular formula is C21H25N3OS. The molecule has 4 rings (SSSR count). The van der Waals surface area contributed by atoms with Crippen molar-refractivity contribution in [2.24, 2.45) is 0 Å². The summed E-state index contributed by atoms with van der Waals surface area (Å²) < 4.78 is 5.31.